The molecule has 4 nitrogen and oxygen atoms in total. The van der Waals surface area contributed by atoms with E-state index < -0.39 is 5.63 Å². The summed E-state index contributed by atoms with van der Waals surface area (Å²) in [6.07, 6.45) is 0. The lowest BCUT2D eigenvalue weighted by Gasteiger charge is -1.98. The average molecular weight is 275 g/mol. The molecule has 0 aliphatic carbocycles. The molecule has 0 amide bonds. The van der Waals surface area contributed by atoms with Gasteiger partial charge in [0, 0.05) is 6.92 Å². The topological polar surface area (TPSA) is 56.0 Å². The lowest BCUT2D eigenvalue weighted by molar-refractivity contribution is 0.466. The number of nitrogens with zero attached hydrogens (tertiary/aromatic N) is 2. The van der Waals surface area contributed by atoms with Crippen LogP contribution in [0.3, 0.4) is 0 Å². The molecule has 0 N–H and O–H groups in total. The Bertz CT molecular complexity index is 567. The minimum atomic E-state index is -0.461. The fraction of sp³-hybridized carbons (Fsp3) is 0.125. The lowest BCUT2D eigenvalue weighted by atomic mass is 10.3. The normalized spacial score (nSPS) is 10.8. The van der Waals surface area contributed by atoms with Crippen molar-refractivity contribution >= 4 is 38.6 Å². The molecule has 72 valence electrons. The first-order valence-electron chi connectivity index (χ1n) is 3.71. The third-order valence-electron chi connectivity index (χ3n) is 1.64. The van der Waals surface area contributed by atoms with Crippen molar-refractivity contribution in [2.45, 2.75) is 6.92 Å². The molecule has 0 unspecified atom stereocenters. The summed E-state index contributed by atoms with van der Waals surface area (Å²) in [6, 6.07) is 1.54. The molecule has 2 aromatic heterocycles. The van der Waals surface area contributed by atoms with Gasteiger partial charge in [0.15, 0.2) is 11.5 Å². The molecule has 0 aliphatic rings. The predicted octanol–water partition coefficient (Wildman–Crippen LogP) is 2.31. The zero-order chi connectivity index (χ0) is 10.3. The molecule has 0 spiro atoms. The molecule has 0 bridgehead atoms. The summed E-state index contributed by atoms with van der Waals surface area (Å²) < 4.78 is 5.36. The van der Waals surface area contributed by atoms with E-state index in [1.807, 2.05) is 0 Å². The number of rotatable bonds is 0. The molecule has 0 radical (unpaired) electrons. The van der Waals surface area contributed by atoms with Crippen molar-refractivity contribution in [3.63, 3.8) is 0 Å². The molecular weight excluding hydrogens is 271 g/mol. The minimum Gasteiger partial charge on any atom is -0.408 e. The van der Waals surface area contributed by atoms with Gasteiger partial charge in [0.05, 0.1) is 4.47 Å². The van der Waals surface area contributed by atoms with Crippen LogP contribution in [-0.4, -0.2) is 9.97 Å². The number of hydrogen-bond donors (Lipinski definition) is 0. The standard InChI is InChI=1S/C8H4BrClN2O2/c1-3-11-7-4(8(13)14-3)2-5(9)6(10)12-7/h2H,1H3. The Balaban J connectivity index is 2.96. The minimum absolute atomic E-state index is 0.272. The van der Waals surface area contributed by atoms with Crippen molar-refractivity contribution in [1.82, 2.24) is 9.97 Å². The van der Waals surface area contributed by atoms with Gasteiger partial charge in [-0.2, -0.15) is 4.98 Å². The van der Waals surface area contributed by atoms with Crippen LogP contribution < -0.4 is 5.63 Å². The summed E-state index contributed by atoms with van der Waals surface area (Å²) in [5, 5.41) is 0.585. The summed E-state index contributed by atoms with van der Waals surface area (Å²) in [7, 11) is 0. The maximum absolute atomic E-state index is 11.4. The van der Waals surface area contributed by atoms with E-state index in [1.54, 1.807) is 13.0 Å². The summed E-state index contributed by atoms with van der Waals surface area (Å²) >= 11 is 8.93. The molecule has 2 aromatic rings. The van der Waals surface area contributed by atoms with Crippen molar-refractivity contribution in [2.75, 3.05) is 0 Å². The van der Waals surface area contributed by atoms with Gasteiger partial charge in [0.1, 0.15) is 10.5 Å². The van der Waals surface area contributed by atoms with Gasteiger partial charge in [-0.05, 0) is 22.0 Å². The van der Waals surface area contributed by atoms with Crippen molar-refractivity contribution < 1.29 is 4.42 Å². The molecule has 0 aromatic carbocycles. The molecule has 0 aliphatic heterocycles. The molecule has 14 heavy (non-hydrogen) atoms. The zero-order valence-electron chi connectivity index (χ0n) is 7.04. The highest BCUT2D eigenvalue weighted by atomic mass is 79.9. The average Bonchev–Trinajstić information content (AvgIpc) is 2.08. The summed E-state index contributed by atoms with van der Waals surface area (Å²) in [4.78, 5) is 19.3. The van der Waals surface area contributed by atoms with E-state index in [0.29, 0.717) is 15.5 Å². The fourth-order valence-corrected chi connectivity index (χ4v) is 1.51. The molecule has 2 heterocycles. The van der Waals surface area contributed by atoms with Crippen LogP contribution in [0.5, 0.6) is 0 Å². The van der Waals surface area contributed by atoms with E-state index in [-0.39, 0.29) is 11.0 Å². The first kappa shape index (κ1) is 9.61. The van der Waals surface area contributed by atoms with E-state index in [2.05, 4.69) is 25.9 Å². The zero-order valence-corrected chi connectivity index (χ0v) is 9.39. The first-order chi connectivity index (χ1) is 6.58. The number of pyridine rings is 1. The van der Waals surface area contributed by atoms with Crippen LogP contribution in [0.15, 0.2) is 19.8 Å². The second-order valence-corrected chi connectivity index (χ2v) is 3.86. The van der Waals surface area contributed by atoms with Crippen LogP contribution in [0, 0.1) is 6.92 Å². The van der Waals surface area contributed by atoms with E-state index in [0.717, 1.165) is 0 Å². The first-order valence-corrected chi connectivity index (χ1v) is 4.88. The van der Waals surface area contributed by atoms with E-state index in [9.17, 15) is 4.79 Å². The van der Waals surface area contributed by atoms with Crippen LogP contribution in [-0.2, 0) is 0 Å². The largest absolute Gasteiger partial charge is 0.408 e. The second-order valence-electron chi connectivity index (χ2n) is 2.65. The molecule has 0 saturated carbocycles. The smallest absolute Gasteiger partial charge is 0.348 e. The maximum Gasteiger partial charge on any atom is 0.348 e. The Morgan fingerprint density at radius 3 is 2.93 bits per heavy atom. The fourth-order valence-electron chi connectivity index (χ4n) is 1.05. The van der Waals surface area contributed by atoms with Gasteiger partial charge in [-0.15, -0.1) is 0 Å². The highest BCUT2D eigenvalue weighted by Gasteiger charge is 2.08. The Kier molecular flexibility index (Phi) is 2.28. The third kappa shape index (κ3) is 1.53. The van der Waals surface area contributed by atoms with Crippen molar-refractivity contribution in [2.24, 2.45) is 0 Å². The highest BCUT2D eigenvalue weighted by molar-refractivity contribution is 9.10. The molecule has 0 atom stereocenters. The van der Waals surface area contributed by atoms with Crippen LogP contribution in [0.25, 0.3) is 11.0 Å². The molecule has 0 saturated heterocycles. The Hall–Kier alpha value is -0.940. The number of aryl methyl sites for hydroxylation is 1. The molecule has 0 fully saturated rings. The van der Waals surface area contributed by atoms with Crippen LogP contribution in [0.1, 0.15) is 5.89 Å². The van der Waals surface area contributed by atoms with Gasteiger partial charge in [0.2, 0.25) is 0 Å². The van der Waals surface area contributed by atoms with Gasteiger partial charge in [-0.1, -0.05) is 11.6 Å². The summed E-state index contributed by atoms with van der Waals surface area (Å²) in [5.41, 5.74) is -0.163. The SMILES string of the molecule is Cc1nc2nc(Cl)c(Br)cc2c(=O)o1. The molecule has 2 rings (SSSR count). The lowest BCUT2D eigenvalue weighted by Crippen LogP contribution is -2.04. The quantitative estimate of drug-likeness (QED) is 0.692. The van der Waals surface area contributed by atoms with Gasteiger partial charge in [-0.3, -0.25) is 0 Å². The molecule has 6 heteroatoms. The summed E-state index contributed by atoms with van der Waals surface area (Å²) in [5.74, 6) is 0.272. The van der Waals surface area contributed by atoms with E-state index in [4.69, 9.17) is 16.0 Å². The number of fused-ring (bicyclic) bond motifs is 1. The van der Waals surface area contributed by atoms with E-state index >= 15 is 0 Å². The highest BCUT2D eigenvalue weighted by Crippen LogP contribution is 2.22. The third-order valence-corrected chi connectivity index (χ3v) is 2.76. The van der Waals surface area contributed by atoms with Gasteiger partial charge >= 0.3 is 5.63 Å². The van der Waals surface area contributed by atoms with Gasteiger partial charge < -0.3 is 4.42 Å². The number of halogens is 2. The monoisotopic (exact) mass is 274 g/mol. The number of hydrogen-bond acceptors (Lipinski definition) is 4. The maximum atomic E-state index is 11.4. The molecular formula is C8H4BrClN2O2. The second kappa shape index (κ2) is 3.33. The predicted molar refractivity (Wildman–Crippen MR) is 55.5 cm³/mol. The van der Waals surface area contributed by atoms with Crippen LogP contribution >= 0.6 is 27.5 Å². The Morgan fingerprint density at radius 1 is 1.50 bits per heavy atom. The van der Waals surface area contributed by atoms with Crippen molar-refractivity contribution in [3.05, 3.63) is 32.0 Å². The van der Waals surface area contributed by atoms with Crippen LogP contribution in [0.2, 0.25) is 5.15 Å². The van der Waals surface area contributed by atoms with Crippen molar-refractivity contribution in [1.29, 1.82) is 0 Å². The summed E-state index contributed by atoms with van der Waals surface area (Å²) in [6.45, 7) is 1.58. The van der Waals surface area contributed by atoms with Crippen molar-refractivity contribution in [3.8, 4) is 0 Å². The Labute approximate surface area is 92.1 Å². The van der Waals surface area contributed by atoms with E-state index in [1.165, 1.54) is 0 Å². The number of aromatic nitrogens is 2. The Morgan fingerprint density at radius 2 is 2.21 bits per heavy atom. The van der Waals surface area contributed by atoms with Gasteiger partial charge in [0.25, 0.3) is 0 Å². The van der Waals surface area contributed by atoms with Crippen LogP contribution in [0.4, 0.5) is 0 Å². The van der Waals surface area contributed by atoms with Gasteiger partial charge in [-0.25, -0.2) is 9.78 Å².